The summed E-state index contributed by atoms with van der Waals surface area (Å²) in [6.07, 6.45) is 0. The third-order valence-corrected chi connectivity index (χ3v) is 5.15. The van der Waals surface area contributed by atoms with E-state index in [0.717, 1.165) is 17.9 Å². The molecule has 25 heavy (non-hydrogen) atoms. The van der Waals surface area contributed by atoms with E-state index in [2.05, 4.69) is 5.32 Å². The minimum Gasteiger partial charge on any atom is -0.491 e. The zero-order valence-corrected chi connectivity index (χ0v) is 16.0. The van der Waals surface area contributed by atoms with Gasteiger partial charge in [-0.05, 0) is 43.7 Å². The molecule has 136 valence electrons. The van der Waals surface area contributed by atoms with E-state index in [1.165, 1.54) is 6.07 Å². The molecule has 0 unspecified atom stereocenters. The molecule has 0 radical (unpaired) electrons. The summed E-state index contributed by atoms with van der Waals surface area (Å²) >= 11 is 7.63. The zero-order valence-electron chi connectivity index (χ0n) is 13.6. The summed E-state index contributed by atoms with van der Waals surface area (Å²) < 4.78 is 30.6. The molecule has 0 aliphatic carbocycles. The first-order valence-electron chi connectivity index (χ1n) is 7.27. The number of rotatable bonds is 8. The largest absolute Gasteiger partial charge is 0.491 e. The van der Waals surface area contributed by atoms with Crippen molar-refractivity contribution < 1.29 is 18.3 Å². The summed E-state index contributed by atoms with van der Waals surface area (Å²) in [6.45, 7) is 1.24. The van der Waals surface area contributed by atoms with Gasteiger partial charge in [-0.15, -0.1) is 11.3 Å². The minimum atomic E-state index is -2.57. The van der Waals surface area contributed by atoms with Gasteiger partial charge in [0.05, 0.1) is 5.02 Å². The fraction of sp³-hybridized carbons (Fsp3) is 0.312. The number of nitrogens with zero attached hydrogens (tertiary/aromatic N) is 1. The third kappa shape index (κ3) is 6.14. The molecule has 2 rings (SSSR count). The molecule has 1 aromatic heterocycles. The molecule has 2 aromatic rings. The van der Waals surface area contributed by atoms with Crippen LogP contribution in [0.1, 0.15) is 9.67 Å². The normalized spacial score (nSPS) is 11.2. The van der Waals surface area contributed by atoms with Crippen molar-refractivity contribution in [3.05, 3.63) is 39.5 Å². The number of benzene rings is 1. The summed E-state index contributed by atoms with van der Waals surface area (Å²) in [5, 5.41) is 4.64. The van der Waals surface area contributed by atoms with Gasteiger partial charge in [0.15, 0.2) is 0 Å². The monoisotopic (exact) mass is 406 g/mol. The van der Waals surface area contributed by atoms with Gasteiger partial charge < -0.3 is 15.0 Å². The Kier molecular flexibility index (Phi) is 7.49. The van der Waals surface area contributed by atoms with Crippen LogP contribution in [-0.2, 0) is 0 Å². The van der Waals surface area contributed by atoms with Gasteiger partial charge in [-0.3, -0.25) is 4.79 Å². The summed E-state index contributed by atoms with van der Waals surface area (Å²) in [4.78, 5) is 14.8. The molecule has 0 aliphatic rings. The van der Waals surface area contributed by atoms with Crippen LogP contribution >= 0.6 is 34.7 Å². The molecule has 0 saturated heterocycles. The summed E-state index contributed by atoms with van der Waals surface area (Å²) in [5.41, 5.74) is 0.469. The highest BCUT2D eigenvalue weighted by molar-refractivity contribution is 7.99. The number of thioether (sulfide) groups is 1. The number of carbonyl (C=O) groups excluding carboxylic acids is 1. The second kappa shape index (κ2) is 9.38. The highest BCUT2D eigenvalue weighted by Gasteiger charge is 2.17. The molecule has 9 heteroatoms. The number of carbonyl (C=O) groups is 1. The first kappa shape index (κ1) is 20.0. The molecular formula is C16H17ClF2N2O2S2. The van der Waals surface area contributed by atoms with E-state index in [9.17, 15) is 13.6 Å². The average molecular weight is 407 g/mol. The van der Waals surface area contributed by atoms with Crippen molar-refractivity contribution in [2.45, 2.75) is 10.7 Å². The molecule has 0 spiro atoms. The molecule has 1 heterocycles. The molecule has 1 N–H and O–H groups in total. The minimum absolute atomic E-state index is 0.243. The lowest BCUT2D eigenvalue weighted by Gasteiger charge is -2.13. The van der Waals surface area contributed by atoms with Crippen molar-refractivity contribution in [1.82, 2.24) is 4.90 Å². The highest BCUT2D eigenvalue weighted by Crippen LogP contribution is 2.33. The van der Waals surface area contributed by atoms with Gasteiger partial charge in [0, 0.05) is 17.1 Å². The van der Waals surface area contributed by atoms with Gasteiger partial charge in [0.1, 0.15) is 17.2 Å². The predicted octanol–water partition coefficient (Wildman–Crippen LogP) is 4.91. The van der Waals surface area contributed by atoms with Crippen LogP contribution in [-0.4, -0.2) is 43.8 Å². The van der Waals surface area contributed by atoms with Crippen molar-refractivity contribution in [3.8, 4) is 5.75 Å². The standard InChI is InChI=1S/C16H17ClF2N2O2S2/c1-21(2)6-7-23-12-4-3-10(9-11(12)17)20-15(22)14-13(5-8-24-14)25-16(18)19/h3-5,8-9,16H,6-7H2,1-2H3,(H,20,22). The Hall–Kier alpha value is -1.35. The fourth-order valence-corrected chi connectivity index (χ4v) is 3.70. The number of ether oxygens (including phenoxy) is 1. The number of nitrogens with one attached hydrogen (secondary N) is 1. The Morgan fingerprint density at radius 3 is 2.80 bits per heavy atom. The van der Waals surface area contributed by atoms with Crippen molar-refractivity contribution in [2.75, 3.05) is 32.6 Å². The zero-order chi connectivity index (χ0) is 18.4. The van der Waals surface area contributed by atoms with Crippen LogP contribution in [0.25, 0.3) is 0 Å². The van der Waals surface area contributed by atoms with Crippen LogP contribution in [0.3, 0.4) is 0 Å². The molecule has 0 fully saturated rings. The van der Waals surface area contributed by atoms with E-state index in [0.29, 0.717) is 34.8 Å². The van der Waals surface area contributed by atoms with E-state index in [-0.39, 0.29) is 9.77 Å². The van der Waals surface area contributed by atoms with Gasteiger partial charge in [0.2, 0.25) is 0 Å². The van der Waals surface area contributed by atoms with Crippen molar-refractivity contribution in [1.29, 1.82) is 0 Å². The number of halogens is 3. The number of amides is 1. The summed E-state index contributed by atoms with van der Waals surface area (Å²) in [5.74, 6) is -2.50. The lowest BCUT2D eigenvalue weighted by atomic mass is 10.3. The van der Waals surface area contributed by atoms with Gasteiger partial charge in [-0.25, -0.2) is 0 Å². The van der Waals surface area contributed by atoms with Gasteiger partial charge in [-0.1, -0.05) is 23.4 Å². The van der Waals surface area contributed by atoms with Crippen LogP contribution < -0.4 is 10.1 Å². The van der Waals surface area contributed by atoms with E-state index in [1.807, 2.05) is 19.0 Å². The number of anilines is 1. The van der Waals surface area contributed by atoms with Crippen LogP contribution in [0.4, 0.5) is 14.5 Å². The van der Waals surface area contributed by atoms with E-state index in [4.69, 9.17) is 16.3 Å². The van der Waals surface area contributed by atoms with Crippen LogP contribution in [0.15, 0.2) is 34.5 Å². The maximum Gasteiger partial charge on any atom is 0.288 e. The van der Waals surface area contributed by atoms with E-state index >= 15 is 0 Å². The number of hydrogen-bond donors (Lipinski definition) is 1. The third-order valence-electron chi connectivity index (χ3n) is 3.04. The van der Waals surface area contributed by atoms with Crippen molar-refractivity contribution >= 4 is 46.3 Å². The maximum atomic E-state index is 12.5. The lowest BCUT2D eigenvalue weighted by Crippen LogP contribution is -2.19. The molecular weight excluding hydrogens is 390 g/mol. The Morgan fingerprint density at radius 2 is 2.16 bits per heavy atom. The first-order chi connectivity index (χ1) is 11.9. The SMILES string of the molecule is CN(C)CCOc1ccc(NC(=O)c2sccc2SC(F)F)cc1Cl. The van der Waals surface area contributed by atoms with Crippen LogP contribution in [0.5, 0.6) is 5.75 Å². The number of hydrogen-bond acceptors (Lipinski definition) is 5. The second-order valence-corrected chi connectivity index (χ2v) is 7.60. The Labute approximate surface area is 158 Å². The molecule has 0 bridgehead atoms. The van der Waals surface area contributed by atoms with E-state index in [1.54, 1.807) is 23.6 Å². The molecule has 4 nitrogen and oxygen atoms in total. The van der Waals surface area contributed by atoms with Gasteiger partial charge in [-0.2, -0.15) is 8.78 Å². The van der Waals surface area contributed by atoms with Gasteiger partial charge in [0.25, 0.3) is 11.7 Å². The average Bonchev–Trinajstić information content (AvgIpc) is 2.96. The van der Waals surface area contributed by atoms with E-state index < -0.39 is 11.7 Å². The highest BCUT2D eigenvalue weighted by atomic mass is 35.5. The number of likely N-dealkylation sites (N-methyl/N-ethyl adjacent to an activating group) is 1. The summed E-state index contributed by atoms with van der Waals surface area (Å²) in [6, 6.07) is 6.39. The predicted molar refractivity (Wildman–Crippen MR) is 99.6 cm³/mol. The van der Waals surface area contributed by atoms with Gasteiger partial charge >= 0.3 is 0 Å². The Morgan fingerprint density at radius 1 is 1.40 bits per heavy atom. The molecule has 0 saturated carbocycles. The molecule has 1 aromatic carbocycles. The molecule has 0 atom stereocenters. The Balaban J connectivity index is 2.02. The molecule has 1 amide bonds. The quantitative estimate of drug-likeness (QED) is 0.632. The summed E-state index contributed by atoms with van der Waals surface area (Å²) in [7, 11) is 3.88. The van der Waals surface area contributed by atoms with Crippen LogP contribution in [0.2, 0.25) is 5.02 Å². The Bertz CT molecular complexity index is 726. The number of thiophene rings is 1. The maximum absolute atomic E-state index is 12.5. The second-order valence-electron chi connectivity index (χ2n) is 5.24. The lowest BCUT2D eigenvalue weighted by molar-refractivity contribution is 0.102. The molecule has 0 aliphatic heterocycles. The first-order valence-corrected chi connectivity index (χ1v) is 9.41. The van der Waals surface area contributed by atoms with Crippen molar-refractivity contribution in [3.63, 3.8) is 0 Å². The van der Waals surface area contributed by atoms with Crippen LogP contribution in [0, 0.1) is 0 Å². The smallest absolute Gasteiger partial charge is 0.288 e. The number of alkyl halides is 2. The van der Waals surface area contributed by atoms with Crippen molar-refractivity contribution in [2.24, 2.45) is 0 Å². The fourth-order valence-electron chi connectivity index (χ4n) is 1.87. The topological polar surface area (TPSA) is 41.6 Å².